The number of carbonyl (C=O) groups is 1. The van der Waals surface area contributed by atoms with E-state index in [1.54, 1.807) is 23.5 Å². The maximum atomic E-state index is 12.6. The van der Waals surface area contributed by atoms with E-state index in [1.165, 1.54) is 0 Å². The van der Waals surface area contributed by atoms with Crippen molar-refractivity contribution in [2.45, 2.75) is 31.8 Å². The van der Waals surface area contributed by atoms with Crippen molar-refractivity contribution < 1.29 is 9.53 Å². The molecule has 1 atom stereocenters. The Morgan fingerprint density at radius 1 is 1.33 bits per heavy atom. The van der Waals surface area contributed by atoms with Crippen LogP contribution in [-0.2, 0) is 4.79 Å². The third-order valence-corrected chi connectivity index (χ3v) is 5.41. The summed E-state index contributed by atoms with van der Waals surface area (Å²) in [7, 11) is 0. The van der Waals surface area contributed by atoms with Crippen LogP contribution < -0.4 is 4.74 Å². The van der Waals surface area contributed by atoms with Crippen LogP contribution in [-0.4, -0.2) is 30.0 Å². The SMILES string of the molecule is CC(C(=O)N1CCC(Oc2cccc(C#N)c2)CC1)c1cccs1. The fourth-order valence-corrected chi connectivity index (χ4v) is 3.74. The molecule has 1 aliphatic rings. The van der Waals surface area contributed by atoms with Gasteiger partial charge in [0.1, 0.15) is 11.9 Å². The fourth-order valence-electron chi connectivity index (χ4n) is 2.96. The van der Waals surface area contributed by atoms with Crippen LogP contribution in [0.2, 0.25) is 0 Å². The summed E-state index contributed by atoms with van der Waals surface area (Å²) in [5.41, 5.74) is 0.602. The first-order valence-electron chi connectivity index (χ1n) is 8.16. The molecule has 1 saturated heterocycles. The first kappa shape index (κ1) is 16.5. The van der Waals surface area contributed by atoms with Gasteiger partial charge in [-0.3, -0.25) is 4.79 Å². The first-order chi connectivity index (χ1) is 11.7. The van der Waals surface area contributed by atoms with E-state index >= 15 is 0 Å². The van der Waals surface area contributed by atoms with Gasteiger partial charge in [0.15, 0.2) is 0 Å². The van der Waals surface area contributed by atoms with Gasteiger partial charge in [0.25, 0.3) is 0 Å². The van der Waals surface area contributed by atoms with Gasteiger partial charge in [-0.05, 0) is 36.6 Å². The van der Waals surface area contributed by atoms with Crippen LogP contribution >= 0.6 is 11.3 Å². The van der Waals surface area contributed by atoms with Crippen LogP contribution in [0.4, 0.5) is 0 Å². The van der Waals surface area contributed by atoms with Gasteiger partial charge in [-0.1, -0.05) is 12.1 Å². The maximum Gasteiger partial charge on any atom is 0.230 e. The molecule has 2 heterocycles. The Hall–Kier alpha value is -2.32. The molecule has 1 aliphatic heterocycles. The molecule has 2 aromatic rings. The molecule has 3 rings (SSSR count). The van der Waals surface area contributed by atoms with Crippen LogP contribution in [0.15, 0.2) is 41.8 Å². The standard InChI is InChI=1S/C19H20N2O2S/c1-14(18-6-3-11-24-18)19(22)21-9-7-16(8-10-21)23-17-5-2-4-15(12-17)13-20/h2-6,11-12,14,16H,7-10H2,1H3. The monoisotopic (exact) mass is 340 g/mol. The topological polar surface area (TPSA) is 53.3 Å². The number of likely N-dealkylation sites (tertiary alicyclic amines) is 1. The number of hydrogen-bond donors (Lipinski definition) is 0. The molecule has 0 bridgehead atoms. The van der Waals surface area contributed by atoms with E-state index in [1.807, 2.05) is 41.5 Å². The number of thiophene rings is 1. The smallest absolute Gasteiger partial charge is 0.230 e. The number of ether oxygens (including phenoxy) is 1. The van der Waals surface area contributed by atoms with E-state index in [2.05, 4.69) is 6.07 Å². The summed E-state index contributed by atoms with van der Waals surface area (Å²) in [5.74, 6) is 0.850. The Morgan fingerprint density at radius 2 is 2.12 bits per heavy atom. The van der Waals surface area contributed by atoms with Crippen LogP contribution in [0.1, 0.15) is 36.1 Å². The summed E-state index contributed by atoms with van der Waals surface area (Å²) >= 11 is 1.63. The van der Waals surface area contributed by atoms with Gasteiger partial charge in [0.05, 0.1) is 17.6 Å². The van der Waals surface area contributed by atoms with Crippen molar-refractivity contribution in [3.63, 3.8) is 0 Å². The average molecular weight is 340 g/mol. The van der Waals surface area contributed by atoms with Crippen molar-refractivity contribution in [3.05, 3.63) is 52.2 Å². The first-order valence-corrected chi connectivity index (χ1v) is 9.04. The molecule has 24 heavy (non-hydrogen) atoms. The number of nitriles is 1. The van der Waals surface area contributed by atoms with Gasteiger partial charge < -0.3 is 9.64 Å². The van der Waals surface area contributed by atoms with Crippen molar-refractivity contribution in [1.82, 2.24) is 4.90 Å². The predicted molar refractivity (Wildman–Crippen MR) is 94.1 cm³/mol. The zero-order valence-electron chi connectivity index (χ0n) is 13.6. The quantitative estimate of drug-likeness (QED) is 0.851. The van der Waals surface area contributed by atoms with E-state index in [-0.39, 0.29) is 17.9 Å². The predicted octanol–water partition coefficient (Wildman–Crippen LogP) is 3.79. The molecule has 1 fully saturated rings. The second-order valence-corrected chi connectivity index (χ2v) is 7.00. The summed E-state index contributed by atoms with van der Waals surface area (Å²) in [4.78, 5) is 15.7. The summed E-state index contributed by atoms with van der Waals surface area (Å²) in [6.07, 6.45) is 1.74. The Balaban J connectivity index is 1.54. The highest BCUT2D eigenvalue weighted by Gasteiger charge is 2.27. The van der Waals surface area contributed by atoms with Crippen molar-refractivity contribution in [2.24, 2.45) is 0 Å². The highest BCUT2D eigenvalue weighted by atomic mass is 32.1. The fraction of sp³-hybridized carbons (Fsp3) is 0.368. The highest BCUT2D eigenvalue weighted by molar-refractivity contribution is 7.10. The molecule has 1 aromatic carbocycles. The molecule has 1 unspecified atom stereocenters. The number of hydrogen-bond acceptors (Lipinski definition) is 4. The number of nitrogens with zero attached hydrogens (tertiary/aromatic N) is 2. The second-order valence-electron chi connectivity index (χ2n) is 6.02. The van der Waals surface area contributed by atoms with Gasteiger partial charge >= 0.3 is 0 Å². The Morgan fingerprint density at radius 3 is 2.79 bits per heavy atom. The van der Waals surface area contributed by atoms with E-state index in [0.29, 0.717) is 5.56 Å². The molecule has 124 valence electrons. The number of rotatable bonds is 4. The van der Waals surface area contributed by atoms with Gasteiger partial charge in [0, 0.05) is 30.8 Å². The van der Waals surface area contributed by atoms with Crippen molar-refractivity contribution in [3.8, 4) is 11.8 Å². The summed E-state index contributed by atoms with van der Waals surface area (Å²) in [6.45, 7) is 3.42. The molecule has 1 amide bonds. The zero-order chi connectivity index (χ0) is 16.9. The molecular weight excluding hydrogens is 320 g/mol. The lowest BCUT2D eigenvalue weighted by Crippen LogP contribution is -2.43. The van der Waals surface area contributed by atoms with E-state index < -0.39 is 0 Å². The van der Waals surface area contributed by atoms with Gasteiger partial charge in [-0.2, -0.15) is 5.26 Å². The molecule has 0 saturated carbocycles. The van der Waals surface area contributed by atoms with Crippen molar-refractivity contribution in [1.29, 1.82) is 5.26 Å². The normalized spacial score (nSPS) is 16.4. The number of benzene rings is 1. The van der Waals surface area contributed by atoms with Crippen LogP contribution in [0.5, 0.6) is 5.75 Å². The molecule has 0 N–H and O–H groups in total. The maximum absolute atomic E-state index is 12.6. The molecule has 0 spiro atoms. The minimum Gasteiger partial charge on any atom is -0.490 e. The Labute approximate surface area is 146 Å². The third kappa shape index (κ3) is 3.77. The molecular formula is C19H20N2O2S. The Kier molecular flexibility index (Phi) is 5.17. The lowest BCUT2D eigenvalue weighted by atomic mass is 10.0. The average Bonchev–Trinajstić information content (AvgIpc) is 3.16. The lowest BCUT2D eigenvalue weighted by molar-refractivity contribution is -0.134. The van der Waals surface area contributed by atoms with Crippen molar-refractivity contribution in [2.75, 3.05) is 13.1 Å². The lowest BCUT2D eigenvalue weighted by Gasteiger charge is -2.33. The van der Waals surface area contributed by atoms with Crippen LogP contribution in [0.3, 0.4) is 0 Å². The highest BCUT2D eigenvalue weighted by Crippen LogP contribution is 2.25. The van der Waals surface area contributed by atoms with Crippen LogP contribution in [0.25, 0.3) is 0 Å². The van der Waals surface area contributed by atoms with Gasteiger partial charge in [-0.25, -0.2) is 0 Å². The molecule has 0 radical (unpaired) electrons. The summed E-state index contributed by atoms with van der Waals surface area (Å²) < 4.78 is 5.97. The summed E-state index contributed by atoms with van der Waals surface area (Å²) in [6, 6.07) is 13.4. The third-order valence-electron chi connectivity index (χ3n) is 4.36. The van der Waals surface area contributed by atoms with E-state index in [4.69, 9.17) is 10.00 Å². The molecule has 1 aromatic heterocycles. The van der Waals surface area contributed by atoms with Crippen LogP contribution in [0, 0.1) is 11.3 Å². The van der Waals surface area contributed by atoms with Gasteiger partial charge in [-0.15, -0.1) is 11.3 Å². The van der Waals surface area contributed by atoms with E-state index in [9.17, 15) is 4.79 Å². The number of carbonyl (C=O) groups excluding carboxylic acids is 1. The molecule has 0 aliphatic carbocycles. The second kappa shape index (κ2) is 7.50. The minimum absolute atomic E-state index is 0.0743. The van der Waals surface area contributed by atoms with E-state index in [0.717, 1.165) is 36.6 Å². The zero-order valence-corrected chi connectivity index (χ0v) is 14.5. The van der Waals surface area contributed by atoms with Gasteiger partial charge in [0.2, 0.25) is 5.91 Å². The van der Waals surface area contributed by atoms with Crippen molar-refractivity contribution >= 4 is 17.2 Å². The number of amides is 1. The minimum atomic E-state index is -0.0743. The summed E-state index contributed by atoms with van der Waals surface area (Å²) in [5, 5.41) is 11.0. The largest absolute Gasteiger partial charge is 0.490 e. The Bertz CT molecular complexity index is 728. The molecule has 5 heteroatoms. The number of piperidine rings is 1. The molecule has 4 nitrogen and oxygen atoms in total.